The second kappa shape index (κ2) is 7.04. The molecule has 118 valence electrons. The molecule has 1 heterocycles. The fraction of sp³-hybridized carbons (Fsp3) is 0.600. The Balaban J connectivity index is 2.11. The number of halogens is 2. The van der Waals surface area contributed by atoms with Crippen LogP contribution in [0.25, 0.3) is 0 Å². The van der Waals surface area contributed by atoms with E-state index in [1.807, 2.05) is 0 Å². The van der Waals surface area contributed by atoms with E-state index in [1.54, 1.807) is 19.1 Å². The zero-order valence-corrected chi connectivity index (χ0v) is 12.4. The molecule has 0 saturated carbocycles. The standard InChI is InChI=1S/C15H22F2N2O2/c1-3-20-14-8-11(4-5-13(14)21-15(16)17)9-19-7-6-12(18)10(19)2/h4-5,8,10,12,15H,3,6-7,9,18H2,1-2H3. The molecule has 2 unspecified atom stereocenters. The summed E-state index contributed by atoms with van der Waals surface area (Å²) in [6, 6.07) is 5.59. The van der Waals surface area contributed by atoms with Gasteiger partial charge in [-0.3, -0.25) is 4.90 Å². The molecule has 0 aliphatic carbocycles. The van der Waals surface area contributed by atoms with Crippen molar-refractivity contribution in [1.82, 2.24) is 4.90 Å². The highest BCUT2D eigenvalue weighted by Crippen LogP contribution is 2.31. The van der Waals surface area contributed by atoms with Crippen molar-refractivity contribution < 1.29 is 18.3 Å². The fourth-order valence-electron chi connectivity index (χ4n) is 2.60. The topological polar surface area (TPSA) is 47.7 Å². The van der Waals surface area contributed by atoms with Gasteiger partial charge in [0.1, 0.15) is 0 Å². The van der Waals surface area contributed by atoms with Crippen molar-refractivity contribution in [3.05, 3.63) is 23.8 Å². The van der Waals surface area contributed by atoms with Gasteiger partial charge in [0, 0.05) is 25.2 Å². The van der Waals surface area contributed by atoms with E-state index >= 15 is 0 Å². The number of rotatable bonds is 6. The molecule has 21 heavy (non-hydrogen) atoms. The lowest BCUT2D eigenvalue weighted by atomic mass is 10.1. The van der Waals surface area contributed by atoms with E-state index in [2.05, 4.69) is 16.6 Å². The van der Waals surface area contributed by atoms with E-state index in [1.165, 1.54) is 6.07 Å². The Bertz CT molecular complexity index is 471. The molecule has 4 nitrogen and oxygen atoms in total. The second-order valence-electron chi connectivity index (χ2n) is 5.26. The van der Waals surface area contributed by atoms with Crippen LogP contribution in [0, 0.1) is 0 Å². The molecule has 1 fully saturated rings. The largest absolute Gasteiger partial charge is 0.490 e. The maximum Gasteiger partial charge on any atom is 0.387 e. The van der Waals surface area contributed by atoms with Crippen LogP contribution in [-0.4, -0.2) is 36.7 Å². The van der Waals surface area contributed by atoms with Crippen LogP contribution in [0.15, 0.2) is 18.2 Å². The summed E-state index contributed by atoms with van der Waals surface area (Å²) in [5.41, 5.74) is 7.01. The summed E-state index contributed by atoms with van der Waals surface area (Å²) in [6.45, 7) is 3.13. The molecule has 1 saturated heterocycles. The van der Waals surface area contributed by atoms with E-state index in [-0.39, 0.29) is 11.8 Å². The minimum absolute atomic E-state index is 0.0711. The first kappa shape index (κ1) is 16.0. The van der Waals surface area contributed by atoms with E-state index < -0.39 is 6.61 Å². The molecule has 2 N–H and O–H groups in total. The average Bonchev–Trinajstić information content (AvgIpc) is 2.73. The molecule has 1 aliphatic heterocycles. The van der Waals surface area contributed by atoms with Gasteiger partial charge in [-0.1, -0.05) is 6.07 Å². The van der Waals surface area contributed by atoms with Gasteiger partial charge in [0.25, 0.3) is 0 Å². The van der Waals surface area contributed by atoms with E-state index in [9.17, 15) is 8.78 Å². The fourth-order valence-corrected chi connectivity index (χ4v) is 2.60. The Hall–Kier alpha value is -1.40. The van der Waals surface area contributed by atoms with Gasteiger partial charge >= 0.3 is 6.61 Å². The van der Waals surface area contributed by atoms with Gasteiger partial charge in [-0.05, 0) is 38.0 Å². The number of ether oxygens (including phenoxy) is 2. The van der Waals surface area contributed by atoms with Gasteiger partial charge in [0.2, 0.25) is 0 Å². The number of hydrogen-bond donors (Lipinski definition) is 1. The monoisotopic (exact) mass is 300 g/mol. The number of nitrogens with two attached hydrogens (primary N) is 1. The molecule has 2 rings (SSSR count). The highest BCUT2D eigenvalue weighted by molar-refractivity contribution is 5.43. The van der Waals surface area contributed by atoms with E-state index in [0.29, 0.717) is 18.4 Å². The summed E-state index contributed by atoms with van der Waals surface area (Å²) in [7, 11) is 0. The van der Waals surface area contributed by atoms with Gasteiger partial charge in [-0.15, -0.1) is 0 Å². The van der Waals surface area contributed by atoms with E-state index in [4.69, 9.17) is 10.5 Å². The Kier molecular flexibility index (Phi) is 5.36. The lowest BCUT2D eigenvalue weighted by Crippen LogP contribution is -2.36. The summed E-state index contributed by atoms with van der Waals surface area (Å²) < 4.78 is 34.6. The molecule has 1 aromatic rings. The number of likely N-dealkylation sites (tertiary alicyclic amines) is 1. The molecule has 0 spiro atoms. The van der Waals surface area contributed by atoms with E-state index in [0.717, 1.165) is 25.1 Å². The number of benzene rings is 1. The maximum atomic E-state index is 12.4. The Labute approximate surface area is 123 Å². The minimum Gasteiger partial charge on any atom is -0.490 e. The lowest BCUT2D eigenvalue weighted by molar-refractivity contribution is -0.0514. The smallest absolute Gasteiger partial charge is 0.387 e. The highest BCUT2D eigenvalue weighted by Gasteiger charge is 2.27. The minimum atomic E-state index is -2.85. The predicted octanol–water partition coefficient (Wildman–Crippen LogP) is 2.61. The van der Waals surface area contributed by atoms with Crippen LogP contribution in [0.3, 0.4) is 0 Å². The Morgan fingerprint density at radius 1 is 1.38 bits per heavy atom. The molecular weight excluding hydrogens is 278 g/mol. The van der Waals surface area contributed by atoms with Gasteiger partial charge < -0.3 is 15.2 Å². The maximum absolute atomic E-state index is 12.4. The first-order chi connectivity index (χ1) is 10.0. The van der Waals surface area contributed by atoms with Crippen LogP contribution in [0.1, 0.15) is 25.8 Å². The Morgan fingerprint density at radius 2 is 2.14 bits per heavy atom. The van der Waals surface area contributed by atoms with Crippen molar-refractivity contribution in [2.24, 2.45) is 5.73 Å². The number of nitrogens with zero attached hydrogens (tertiary/aromatic N) is 1. The summed E-state index contributed by atoms with van der Waals surface area (Å²) in [5, 5.41) is 0. The van der Waals surface area contributed by atoms with Crippen LogP contribution >= 0.6 is 0 Å². The van der Waals surface area contributed by atoms with Crippen LogP contribution < -0.4 is 15.2 Å². The summed E-state index contributed by atoms with van der Waals surface area (Å²) in [6.07, 6.45) is 0.978. The number of alkyl halides is 2. The van der Waals surface area contributed by atoms with Crippen LogP contribution in [0.2, 0.25) is 0 Å². The quantitative estimate of drug-likeness (QED) is 0.877. The molecule has 1 aliphatic rings. The Morgan fingerprint density at radius 3 is 2.71 bits per heavy atom. The lowest BCUT2D eigenvalue weighted by Gasteiger charge is -2.23. The second-order valence-corrected chi connectivity index (χ2v) is 5.26. The van der Waals surface area contributed by atoms with Crippen molar-refractivity contribution in [1.29, 1.82) is 0 Å². The molecule has 0 aromatic heterocycles. The SMILES string of the molecule is CCOc1cc(CN2CCC(N)C2C)ccc1OC(F)F. The average molecular weight is 300 g/mol. The van der Waals surface area contributed by atoms with Crippen LogP contribution in [0.4, 0.5) is 8.78 Å². The van der Waals surface area contributed by atoms with Crippen molar-refractivity contribution in [3.8, 4) is 11.5 Å². The molecule has 0 amide bonds. The number of hydrogen-bond acceptors (Lipinski definition) is 4. The normalized spacial score (nSPS) is 22.8. The van der Waals surface area contributed by atoms with Gasteiger partial charge in [-0.25, -0.2) is 0 Å². The molecule has 0 radical (unpaired) electrons. The highest BCUT2D eigenvalue weighted by atomic mass is 19.3. The summed E-state index contributed by atoms with van der Waals surface area (Å²) >= 11 is 0. The van der Waals surface area contributed by atoms with Crippen molar-refractivity contribution in [2.45, 2.75) is 45.5 Å². The third kappa shape index (κ3) is 4.04. The first-order valence-electron chi connectivity index (χ1n) is 7.21. The first-order valence-corrected chi connectivity index (χ1v) is 7.21. The van der Waals surface area contributed by atoms with Crippen molar-refractivity contribution >= 4 is 0 Å². The molecule has 1 aromatic carbocycles. The molecule has 0 bridgehead atoms. The van der Waals surface area contributed by atoms with Crippen LogP contribution in [-0.2, 0) is 6.54 Å². The zero-order chi connectivity index (χ0) is 15.4. The third-order valence-electron chi connectivity index (χ3n) is 3.85. The van der Waals surface area contributed by atoms with Crippen LogP contribution in [0.5, 0.6) is 11.5 Å². The van der Waals surface area contributed by atoms with Gasteiger partial charge in [-0.2, -0.15) is 8.78 Å². The molecule has 6 heteroatoms. The summed E-state index contributed by atoms with van der Waals surface area (Å²) in [4.78, 5) is 2.28. The molecular formula is C15H22F2N2O2. The van der Waals surface area contributed by atoms with Gasteiger partial charge in [0.05, 0.1) is 6.61 Å². The van der Waals surface area contributed by atoms with Crippen molar-refractivity contribution in [2.75, 3.05) is 13.2 Å². The predicted molar refractivity (Wildman–Crippen MR) is 76.7 cm³/mol. The van der Waals surface area contributed by atoms with Gasteiger partial charge in [0.15, 0.2) is 11.5 Å². The third-order valence-corrected chi connectivity index (χ3v) is 3.85. The molecule has 2 atom stereocenters. The summed E-state index contributed by atoms with van der Waals surface area (Å²) in [5.74, 6) is 0.424. The van der Waals surface area contributed by atoms with Crippen molar-refractivity contribution in [3.63, 3.8) is 0 Å². The zero-order valence-electron chi connectivity index (χ0n) is 12.4.